The van der Waals surface area contributed by atoms with Gasteiger partial charge in [-0.1, -0.05) is 0 Å². The first-order valence-electron chi connectivity index (χ1n) is 6.52. The maximum absolute atomic E-state index is 11.9. The van der Waals surface area contributed by atoms with E-state index in [9.17, 15) is 9.59 Å². The molecule has 0 N–H and O–H groups in total. The molecule has 0 aromatic carbocycles. The number of hydrogen-bond acceptors (Lipinski definition) is 4. The summed E-state index contributed by atoms with van der Waals surface area (Å²) in [5, 5.41) is 0. The molecule has 0 radical (unpaired) electrons. The molecule has 0 spiro atoms. The first-order valence-corrected chi connectivity index (χ1v) is 6.52. The fourth-order valence-corrected chi connectivity index (χ4v) is 1.68. The SMILES string of the molecule is CCOC(=O)CCc1ccn(CCN(C)C)c(=O)c1. The van der Waals surface area contributed by atoms with Crippen molar-refractivity contribution in [3.05, 3.63) is 34.2 Å². The maximum Gasteiger partial charge on any atom is 0.306 e. The van der Waals surface area contributed by atoms with Crippen LogP contribution in [0, 0.1) is 0 Å². The molecule has 0 fully saturated rings. The second-order valence-corrected chi connectivity index (χ2v) is 4.67. The lowest BCUT2D eigenvalue weighted by Gasteiger charge is -2.11. The van der Waals surface area contributed by atoms with Crippen LogP contribution in [0.4, 0.5) is 0 Å². The minimum atomic E-state index is -0.223. The summed E-state index contributed by atoms with van der Waals surface area (Å²) in [5.41, 5.74) is 0.849. The number of carbonyl (C=O) groups excluding carboxylic acids is 1. The Bertz CT molecular complexity index is 466. The van der Waals surface area contributed by atoms with Crippen LogP contribution in [-0.4, -0.2) is 42.7 Å². The minimum Gasteiger partial charge on any atom is -0.466 e. The van der Waals surface area contributed by atoms with Crippen molar-refractivity contribution in [1.82, 2.24) is 9.47 Å². The second-order valence-electron chi connectivity index (χ2n) is 4.67. The van der Waals surface area contributed by atoms with Gasteiger partial charge in [0.1, 0.15) is 0 Å². The predicted octanol–water partition coefficient (Wildman–Crippen LogP) is 0.906. The fraction of sp³-hybridized carbons (Fsp3) is 0.571. The average molecular weight is 266 g/mol. The van der Waals surface area contributed by atoms with E-state index in [1.807, 2.05) is 25.1 Å². The Balaban J connectivity index is 2.56. The summed E-state index contributed by atoms with van der Waals surface area (Å²) in [4.78, 5) is 25.1. The largest absolute Gasteiger partial charge is 0.466 e. The van der Waals surface area contributed by atoms with E-state index in [2.05, 4.69) is 0 Å². The zero-order valence-electron chi connectivity index (χ0n) is 11.9. The van der Waals surface area contributed by atoms with Crippen LogP contribution in [0.1, 0.15) is 18.9 Å². The first-order chi connectivity index (χ1) is 9.02. The van der Waals surface area contributed by atoms with Crippen molar-refractivity contribution in [3.63, 3.8) is 0 Å². The lowest BCUT2D eigenvalue weighted by atomic mass is 10.1. The molecule has 0 saturated heterocycles. The van der Waals surface area contributed by atoms with Gasteiger partial charge in [0, 0.05) is 31.8 Å². The predicted molar refractivity (Wildman–Crippen MR) is 74.2 cm³/mol. The van der Waals surface area contributed by atoms with E-state index in [0.29, 0.717) is 26.0 Å². The van der Waals surface area contributed by atoms with E-state index in [1.54, 1.807) is 23.8 Å². The molecule has 0 amide bonds. The summed E-state index contributed by atoms with van der Waals surface area (Å²) in [6.07, 6.45) is 2.64. The van der Waals surface area contributed by atoms with Gasteiger partial charge in [-0.3, -0.25) is 9.59 Å². The smallest absolute Gasteiger partial charge is 0.306 e. The Hall–Kier alpha value is -1.62. The number of esters is 1. The van der Waals surface area contributed by atoms with E-state index >= 15 is 0 Å². The molecular formula is C14H22N2O3. The van der Waals surface area contributed by atoms with E-state index < -0.39 is 0 Å². The monoisotopic (exact) mass is 266 g/mol. The average Bonchev–Trinajstić information content (AvgIpc) is 2.35. The molecule has 1 rings (SSSR count). The zero-order valence-corrected chi connectivity index (χ0v) is 11.9. The number of pyridine rings is 1. The quantitative estimate of drug-likeness (QED) is 0.688. The molecule has 0 bridgehead atoms. The number of nitrogens with zero attached hydrogens (tertiary/aromatic N) is 2. The lowest BCUT2D eigenvalue weighted by molar-refractivity contribution is -0.143. The summed E-state index contributed by atoms with van der Waals surface area (Å²) < 4.78 is 6.53. The topological polar surface area (TPSA) is 51.5 Å². The molecule has 19 heavy (non-hydrogen) atoms. The van der Waals surface area contributed by atoms with Crippen molar-refractivity contribution in [2.24, 2.45) is 0 Å². The van der Waals surface area contributed by atoms with Gasteiger partial charge in [-0.15, -0.1) is 0 Å². The number of aryl methyl sites for hydroxylation is 1. The van der Waals surface area contributed by atoms with Crippen molar-refractivity contribution in [2.45, 2.75) is 26.3 Å². The summed E-state index contributed by atoms with van der Waals surface area (Å²) in [6, 6.07) is 3.48. The molecule has 0 saturated carbocycles. The third kappa shape index (κ3) is 5.70. The number of rotatable bonds is 7. The van der Waals surface area contributed by atoms with E-state index in [4.69, 9.17) is 4.74 Å². The summed E-state index contributed by atoms with van der Waals surface area (Å²) in [6.45, 7) is 3.67. The molecule has 0 aliphatic heterocycles. The van der Waals surface area contributed by atoms with Crippen LogP contribution >= 0.6 is 0 Å². The van der Waals surface area contributed by atoms with Crippen molar-refractivity contribution in [2.75, 3.05) is 27.2 Å². The molecule has 106 valence electrons. The van der Waals surface area contributed by atoms with Crippen LogP contribution < -0.4 is 5.56 Å². The maximum atomic E-state index is 11.9. The highest BCUT2D eigenvalue weighted by atomic mass is 16.5. The Labute approximate surface area is 113 Å². The number of aromatic nitrogens is 1. The summed E-state index contributed by atoms with van der Waals surface area (Å²) in [5.74, 6) is -0.223. The molecule has 5 heteroatoms. The molecule has 1 aromatic heterocycles. The standard InChI is InChI=1S/C14H22N2O3/c1-4-19-14(18)6-5-12-7-8-16(13(17)11-12)10-9-15(2)3/h7-8,11H,4-6,9-10H2,1-3H3. The number of hydrogen-bond donors (Lipinski definition) is 0. The first kappa shape index (κ1) is 15.4. The number of ether oxygens (including phenoxy) is 1. The molecule has 0 aliphatic carbocycles. The Morgan fingerprint density at radius 3 is 2.74 bits per heavy atom. The molecular weight excluding hydrogens is 244 g/mol. The highest BCUT2D eigenvalue weighted by molar-refractivity contribution is 5.69. The van der Waals surface area contributed by atoms with E-state index in [-0.39, 0.29) is 11.5 Å². The van der Waals surface area contributed by atoms with Gasteiger partial charge in [0.05, 0.1) is 6.61 Å². The van der Waals surface area contributed by atoms with Crippen LogP contribution in [0.25, 0.3) is 0 Å². The van der Waals surface area contributed by atoms with Crippen LogP contribution in [-0.2, 0) is 22.5 Å². The molecule has 0 atom stereocenters. The van der Waals surface area contributed by atoms with Gasteiger partial charge in [0.25, 0.3) is 5.56 Å². The van der Waals surface area contributed by atoms with Crippen molar-refractivity contribution in [1.29, 1.82) is 0 Å². The Morgan fingerprint density at radius 2 is 2.16 bits per heavy atom. The van der Waals surface area contributed by atoms with Crippen molar-refractivity contribution >= 4 is 5.97 Å². The van der Waals surface area contributed by atoms with Gasteiger partial charge in [-0.2, -0.15) is 0 Å². The molecule has 1 aromatic rings. The third-order valence-electron chi connectivity index (χ3n) is 2.77. The molecule has 5 nitrogen and oxygen atoms in total. The van der Waals surface area contributed by atoms with Crippen LogP contribution in [0.15, 0.2) is 23.1 Å². The van der Waals surface area contributed by atoms with Crippen molar-refractivity contribution in [3.8, 4) is 0 Å². The lowest BCUT2D eigenvalue weighted by Crippen LogP contribution is -2.26. The van der Waals surface area contributed by atoms with Crippen LogP contribution in [0.2, 0.25) is 0 Å². The Kier molecular flexibility index (Phi) is 6.29. The van der Waals surface area contributed by atoms with E-state index in [1.165, 1.54) is 0 Å². The van der Waals surface area contributed by atoms with Crippen LogP contribution in [0.5, 0.6) is 0 Å². The zero-order chi connectivity index (χ0) is 14.3. The van der Waals surface area contributed by atoms with Gasteiger partial charge in [-0.25, -0.2) is 0 Å². The highest BCUT2D eigenvalue weighted by Gasteiger charge is 2.04. The molecule has 0 unspecified atom stereocenters. The summed E-state index contributed by atoms with van der Waals surface area (Å²) >= 11 is 0. The van der Waals surface area contributed by atoms with Gasteiger partial charge >= 0.3 is 5.97 Å². The van der Waals surface area contributed by atoms with Crippen LogP contribution in [0.3, 0.4) is 0 Å². The Morgan fingerprint density at radius 1 is 1.42 bits per heavy atom. The van der Waals surface area contributed by atoms with Gasteiger partial charge in [0.2, 0.25) is 0 Å². The van der Waals surface area contributed by atoms with Crippen molar-refractivity contribution < 1.29 is 9.53 Å². The number of carbonyl (C=O) groups is 1. The van der Waals surface area contributed by atoms with Gasteiger partial charge in [0.15, 0.2) is 0 Å². The minimum absolute atomic E-state index is 0.0248. The number of likely N-dealkylation sites (N-methyl/N-ethyl adjacent to an activating group) is 1. The molecule has 0 aliphatic rings. The highest BCUT2D eigenvalue weighted by Crippen LogP contribution is 2.01. The molecule has 1 heterocycles. The fourth-order valence-electron chi connectivity index (χ4n) is 1.68. The third-order valence-corrected chi connectivity index (χ3v) is 2.77. The van der Waals surface area contributed by atoms with Gasteiger partial charge < -0.3 is 14.2 Å². The second kappa shape index (κ2) is 7.74. The van der Waals surface area contributed by atoms with Gasteiger partial charge in [-0.05, 0) is 39.1 Å². The summed E-state index contributed by atoms with van der Waals surface area (Å²) in [7, 11) is 3.94. The van der Waals surface area contributed by atoms with E-state index in [0.717, 1.165) is 12.1 Å². The normalized spacial score (nSPS) is 10.7.